The molecule has 0 unspecified atom stereocenters. The molecule has 0 atom stereocenters. The third-order valence-electron chi connectivity index (χ3n) is 6.70. The highest BCUT2D eigenvalue weighted by Crippen LogP contribution is 2.38. The molecule has 4 heterocycles. The molecule has 8 nitrogen and oxygen atoms in total. The molecule has 5 rings (SSSR count). The van der Waals surface area contributed by atoms with Crippen molar-refractivity contribution in [1.29, 1.82) is 0 Å². The van der Waals surface area contributed by atoms with Crippen LogP contribution in [0.15, 0.2) is 30.5 Å². The number of carbonyl (C=O) groups is 1. The Bertz CT molecular complexity index is 1230. The van der Waals surface area contributed by atoms with Gasteiger partial charge in [0.25, 0.3) is 5.91 Å². The fourth-order valence-corrected chi connectivity index (χ4v) is 4.71. The van der Waals surface area contributed by atoms with Crippen LogP contribution in [0.25, 0.3) is 22.0 Å². The fraction of sp³-hybridized carbons (Fsp3) is 0.435. The van der Waals surface area contributed by atoms with Crippen molar-refractivity contribution in [2.45, 2.75) is 31.1 Å². The number of carbonyl (C=O) groups excluding carboxylic acids is 1. The van der Waals surface area contributed by atoms with Crippen molar-refractivity contribution in [2.75, 3.05) is 33.3 Å². The van der Waals surface area contributed by atoms with Gasteiger partial charge in [-0.3, -0.25) is 14.4 Å². The Labute approximate surface area is 193 Å². The van der Waals surface area contributed by atoms with Gasteiger partial charge >= 0.3 is 6.18 Å². The van der Waals surface area contributed by atoms with Crippen molar-refractivity contribution in [3.8, 4) is 16.9 Å². The van der Waals surface area contributed by atoms with E-state index in [2.05, 4.69) is 15.2 Å². The number of methoxy groups -OCH3 is 1. The second kappa shape index (κ2) is 8.55. The lowest BCUT2D eigenvalue weighted by atomic mass is 10.00. The number of halogens is 3. The Morgan fingerprint density at radius 3 is 2.47 bits per heavy atom. The van der Waals surface area contributed by atoms with Crippen molar-refractivity contribution < 1.29 is 22.7 Å². The maximum absolute atomic E-state index is 13.1. The number of hydrogen-bond acceptors (Lipinski definition) is 6. The summed E-state index contributed by atoms with van der Waals surface area (Å²) in [6.45, 7) is 4.12. The highest BCUT2D eigenvalue weighted by atomic mass is 19.4. The Morgan fingerprint density at radius 1 is 1.15 bits per heavy atom. The molecule has 3 N–H and O–H groups in total. The van der Waals surface area contributed by atoms with E-state index in [1.807, 2.05) is 10.9 Å². The molecule has 3 aromatic rings. The van der Waals surface area contributed by atoms with E-state index in [1.165, 1.54) is 13.2 Å². The summed E-state index contributed by atoms with van der Waals surface area (Å²) in [5.41, 5.74) is 5.05. The van der Waals surface area contributed by atoms with Gasteiger partial charge in [-0.1, -0.05) is 0 Å². The van der Waals surface area contributed by atoms with Crippen LogP contribution in [-0.2, 0) is 6.18 Å². The van der Waals surface area contributed by atoms with E-state index in [4.69, 9.17) is 15.6 Å². The Morgan fingerprint density at radius 2 is 1.88 bits per heavy atom. The highest BCUT2D eigenvalue weighted by Gasteiger charge is 2.34. The van der Waals surface area contributed by atoms with Crippen LogP contribution < -0.4 is 15.8 Å². The van der Waals surface area contributed by atoms with Gasteiger partial charge in [0.1, 0.15) is 17.1 Å². The zero-order chi connectivity index (χ0) is 24.0. The summed E-state index contributed by atoms with van der Waals surface area (Å²) in [5.74, 6) is -0.679. The summed E-state index contributed by atoms with van der Waals surface area (Å²) < 4.78 is 46.9. The summed E-state index contributed by atoms with van der Waals surface area (Å²) in [6.07, 6.45) is -0.778. The topological polar surface area (TPSA) is 98.3 Å². The van der Waals surface area contributed by atoms with Crippen molar-refractivity contribution in [2.24, 2.45) is 5.73 Å². The van der Waals surface area contributed by atoms with Crippen molar-refractivity contribution in [3.05, 3.63) is 41.9 Å². The molecule has 0 spiro atoms. The van der Waals surface area contributed by atoms with E-state index in [1.54, 1.807) is 12.1 Å². The number of fused-ring (bicyclic) bond motifs is 1. The van der Waals surface area contributed by atoms with Crippen LogP contribution in [0.1, 0.15) is 35.1 Å². The summed E-state index contributed by atoms with van der Waals surface area (Å²) in [6, 6.07) is 6.40. The molecular formula is C23H25F3N6O2. The molecule has 34 heavy (non-hydrogen) atoms. The van der Waals surface area contributed by atoms with Gasteiger partial charge in [0.2, 0.25) is 0 Å². The first-order valence-electron chi connectivity index (χ1n) is 11.1. The van der Waals surface area contributed by atoms with Crippen LogP contribution >= 0.6 is 0 Å². The number of alkyl halides is 3. The lowest BCUT2D eigenvalue weighted by Crippen LogP contribution is -2.58. The lowest BCUT2D eigenvalue weighted by molar-refractivity contribution is -0.141. The Balaban J connectivity index is 1.49. The van der Waals surface area contributed by atoms with Gasteiger partial charge < -0.3 is 15.8 Å². The first-order valence-corrected chi connectivity index (χ1v) is 11.1. The average molecular weight is 474 g/mol. The zero-order valence-corrected chi connectivity index (χ0v) is 18.6. The number of rotatable bonds is 5. The Hall–Kier alpha value is -3.18. The minimum Gasteiger partial charge on any atom is -0.496 e. The second-order valence-corrected chi connectivity index (χ2v) is 8.75. The number of piperidine rings is 1. The minimum atomic E-state index is -4.69. The molecule has 0 radical (unpaired) electrons. The van der Waals surface area contributed by atoms with E-state index in [9.17, 15) is 18.0 Å². The lowest BCUT2D eigenvalue weighted by Gasteiger charge is -2.42. The van der Waals surface area contributed by atoms with Crippen molar-refractivity contribution in [1.82, 2.24) is 25.0 Å². The molecular weight excluding hydrogens is 449 g/mol. The van der Waals surface area contributed by atoms with E-state index in [0.29, 0.717) is 22.9 Å². The first-order chi connectivity index (χ1) is 16.2. The number of pyridine rings is 1. The number of nitrogens with zero attached hydrogens (tertiary/aromatic N) is 4. The Kier molecular flexibility index (Phi) is 5.68. The summed E-state index contributed by atoms with van der Waals surface area (Å²) >= 11 is 0. The molecule has 0 bridgehead atoms. The number of ether oxygens (including phenoxy) is 1. The van der Waals surface area contributed by atoms with Crippen LogP contribution in [-0.4, -0.2) is 64.9 Å². The number of amides is 1. The molecule has 1 amide bonds. The predicted octanol–water partition coefficient (Wildman–Crippen LogP) is 2.83. The molecule has 1 aromatic carbocycles. The third kappa shape index (κ3) is 4.09. The number of likely N-dealkylation sites (tertiary alicyclic amines) is 1. The highest BCUT2D eigenvalue weighted by molar-refractivity contribution is 6.00. The molecule has 180 valence electrons. The average Bonchev–Trinajstić information content (AvgIpc) is 3.19. The van der Waals surface area contributed by atoms with Gasteiger partial charge in [-0.05, 0) is 31.0 Å². The monoisotopic (exact) mass is 474 g/mol. The molecule has 0 aliphatic carbocycles. The molecule has 2 saturated heterocycles. The van der Waals surface area contributed by atoms with Gasteiger partial charge in [0.15, 0.2) is 0 Å². The maximum Gasteiger partial charge on any atom is 0.433 e. The number of primary amides is 1. The van der Waals surface area contributed by atoms with Crippen molar-refractivity contribution >= 4 is 16.8 Å². The van der Waals surface area contributed by atoms with Gasteiger partial charge in [-0.15, -0.1) is 0 Å². The van der Waals surface area contributed by atoms with Crippen LogP contribution in [0, 0.1) is 0 Å². The predicted molar refractivity (Wildman–Crippen MR) is 120 cm³/mol. The standard InChI is InChI=1S/C23H25F3N6O2/c1-34-19-9-18-13(12-32(30-18)14-4-6-31(7-5-14)15-10-28-11-15)8-17(19)16-2-3-20(23(24,25)26)29-21(16)22(27)33/h2-3,8-9,12,14-15,28H,4-7,10-11H2,1H3,(H2,27,33). The molecule has 2 aliphatic rings. The zero-order valence-electron chi connectivity index (χ0n) is 18.6. The number of aromatic nitrogens is 3. The van der Waals surface area contributed by atoms with Crippen molar-refractivity contribution in [3.63, 3.8) is 0 Å². The van der Waals surface area contributed by atoms with Gasteiger partial charge in [-0.25, -0.2) is 4.98 Å². The molecule has 2 aromatic heterocycles. The summed E-state index contributed by atoms with van der Waals surface area (Å²) in [4.78, 5) is 18.0. The van der Waals surface area contributed by atoms with E-state index in [-0.39, 0.29) is 11.6 Å². The number of hydrogen-bond donors (Lipinski definition) is 2. The van der Waals surface area contributed by atoms with Crippen LogP contribution in [0.4, 0.5) is 13.2 Å². The number of benzene rings is 1. The normalized spacial score (nSPS) is 18.2. The maximum atomic E-state index is 13.1. The van der Waals surface area contributed by atoms with E-state index in [0.717, 1.165) is 50.5 Å². The third-order valence-corrected chi connectivity index (χ3v) is 6.70. The quantitative estimate of drug-likeness (QED) is 0.590. The largest absolute Gasteiger partial charge is 0.496 e. The number of nitrogens with two attached hydrogens (primary N) is 1. The molecule has 2 aliphatic heterocycles. The fourth-order valence-electron chi connectivity index (χ4n) is 4.71. The van der Waals surface area contributed by atoms with E-state index < -0.39 is 23.5 Å². The minimum absolute atomic E-state index is 0.175. The summed E-state index contributed by atoms with van der Waals surface area (Å²) in [5, 5.41) is 8.84. The molecule has 0 saturated carbocycles. The second-order valence-electron chi connectivity index (χ2n) is 8.75. The van der Waals surface area contributed by atoms with E-state index >= 15 is 0 Å². The smallest absolute Gasteiger partial charge is 0.433 e. The first kappa shape index (κ1) is 22.6. The SMILES string of the molecule is COc1cc2nn(C3CCN(C4CNC4)CC3)cc2cc1-c1ccc(C(F)(F)F)nc1C(N)=O. The van der Waals surface area contributed by atoms with Crippen LogP contribution in [0.2, 0.25) is 0 Å². The number of nitrogens with one attached hydrogen (secondary N) is 1. The van der Waals surface area contributed by atoms with Gasteiger partial charge in [0.05, 0.1) is 18.7 Å². The van der Waals surface area contributed by atoms with Gasteiger partial charge in [-0.2, -0.15) is 18.3 Å². The molecule has 11 heteroatoms. The molecule has 2 fully saturated rings. The van der Waals surface area contributed by atoms with Crippen LogP contribution in [0.5, 0.6) is 5.75 Å². The van der Waals surface area contributed by atoms with Gasteiger partial charge in [0, 0.05) is 61.0 Å². The summed E-state index contributed by atoms with van der Waals surface area (Å²) in [7, 11) is 1.45. The van der Waals surface area contributed by atoms with Crippen LogP contribution in [0.3, 0.4) is 0 Å².